The standard InChI is InChI=1S/C18H15F3N2O2/c19-14-7-13(8-15(20)16(14)21)10-1-3-11(4-2-10)18(25)23-6-5-12(9-23)17(22)24/h1-4,7-8,12H,5-6,9H2,(H2,22,24). The number of benzene rings is 2. The van der Waals surface area contributed by atoms with Crippen molar-refractivity contribution in [1.29, 1.82) is 0 Å². The van der Waals surface area contributed by atoms with Crippen molar-refractivity contribution >= 4 is 11.8 Å². The second kappa shape index (κ2) is 6.58. The third-order valence-electron chi connectivity index (χ3n) is 4.33. The number of likely N-dealkylation sites (tertiary alicyclic amines) is 1. The van der Waals surface area contributed by atoms with Gasteiger partial charge in [0.2, 0.25) is 5.91 Å². The summed E-state index contributed by atoms with van der Waals surface area (Å²) >= 11 is 0. The van der Waals surface area contributed by atoms with Crippen LogP contribution in [-0.2, 0) is 4.79 Å². The molecule has 1 unspecified atom stereocenters. The highest BCUT2D eigenvalue weighted by molar-refractivity contribution is 5.95. The van der Waals surface area contributed by atoms with Crippen molar-refractivity contribution in [1.82, 2.24) is 4.90 Å². The number of amides is 2. The summed E-state index contributed by atoms with van der Waals surface area (Å²) in [4.78, 5) is 25.1. The maximum absolute atomic E-state index is 13.3. The molecule has 0 saturated carbocycles. The molecule has 2 aromatic rings. The maximum atomic E-state index is 13.3. The summed E-state index contributed by atoms with van der Waals surface area (Å²) in [5, 5.41) is 0. The van der Waals surface area contributed by atoms with Crippen LogP contribution in [-0.4, -0.2) is 29.8 Å². The van der Waals surface area contributed by atoms with Crippen LogP contribution in [0.3, 0.4) is 0 Å². The first kappa shape index (κ1) is 17.0. The van der Waals surface area contributed by atoms with Crippen LogP contribution < -0.4 is 5.73 Å². The predicted molar refractivity (Wildman–Crippen MR) is 85.0 cm³/mol. The Morgan fingerprint density at radius 1 is 1.00 bits per heavy atom. The van der Waals surface area contributed by atoms with Crippen molar-refractivity contribution in [3.63, 3.8) is 0 Å². The molecular weight excluding hydrogens is 333 g/mol. The van der Waals surface area contributed by atoms with Crippen molar-refractivity contribution in [2.24, 2.45) is 11.7 Å². The Kier molecular flexibility index (Phi) is 4.48. The van der Waals surface area contributed by atoms with Crippen molar-refractivity contribution < 1.29 is 22.8 Å². The van der Waals surface area contributed by atoms with E-state index in [9.17, 15) is 22.8 Å². The lowest BCUT2D eigenvalue weighted by Gasteiger charge is -2.16. The van der Waals surface area contributed by atoms with Gasteiger partial charge in [-0.1, -0.05) is 12.1 Å². The van der Waals surface area contributed by atoms with E-state index < -0.39 is 23.4 Å². The van der Waals surface area contributed by atoms with E-state index in [1.54, 1.807) is 4.90 Å². The van der Waals surface area contributed by atoms with E-state index >= 15 is 0 Å². The number of nitrogens with zero attached hydrogens (tertiary/aromatic N) is 1. The van der Waals surface area contributed by atoms with Gasteiger partial charge in [0.15, 0.2) is 17.5 Å². The summed E-state index contributed by atoms with van der Waals surface area (Å²) in [5.41, 5.74) is 6.26. The Labute approximate surface area is 142 Å². The number of hydrogen-bond acceptors (Lipinski definition) is 2. The van der Waals surface area contributed by atoms with Gasteiger partial charge >= 0.3 is 0 Å². The summed E-state index contributed by atoms with van der Waals surface area (Å²) in [5.74, 6) is -5.07. The maximum Gasteiger partial charge on any atom is 0.253 e. The van der Waals surface area contributed by atoms with Gasteiger partial charge in [0.1, 0.15) is 0 Å². The first-order chi connectivity index (χ1) is 11.9. The van der Waals surface area contributed by atoms with E-state index in [1.165, 1.54) is 24.3 Å². The average Bonchev–Trinajstić information content (AvgIpc) is 3.09. The highest BCUT2D eigenvalue weighted by atomic mass is 19.2. The monoisotopic (exact) mass is 348 g/mol. The van der Waals surface area contributed by atoms with Crippen LogP contribution in [0.5, 0.6) is 0 Å². The Morgan fingerprint density at radius 3 is 2.12 bits per heavy atom. The molecule has 1 fully saturated rings. The molecule has 1 saturated heterocycles. The van der Waals surface area contributed by atoms with Gasteiger partial charge in [0.25, 0.3) is 5.91 Å². The number of carbonyl (C=O) groups is 2. The van der Waals surface area contributed by atoms with Gasteiger partial charge in [0, 0.05) is 18.7 Å². The topological polar surface area (TPSA) is 63.4 Å². The number of primary amides is 1. The van der Waals surface area contributed by atoms with Gasteiger partial charge in [-0.3, -0.25) is 9.59 Å². The predicted octanol–water partition coefficient (Wildman–Crippen LogP) is 2.72. The van der Waals surface area contributed by atoms with Gasteiger partial charge in [0.05, 0.1) is 5.92 Å². The molecular formula is C18H15F3N2O2. The van der Waals surface area contributed by atoms with Crippen LogP contribution in [0, 0.1) is 23.4 Å². The average molecular weight is 348 g/mol. The van der Waals surface area contributed by atoms with Crippen molar-refractivity contribution in [2.75, 3.05) is 13.1 Å². The van der Waals surface area contributed by atoms with Crippen LogP contribution >= 0.6 is 0 Å². The van der Waals surface area contributed by atoms with E-state index in [4.69, 9.17) is 5.73 Å². The molecule has 2 amide bonds. The minimum absolute atomic E-state index is 0.172. The zero-order valence-corrected chi connectivity index (χ0v) is 13.1. The Morgan fingerprint density at radius 2 is 1.60 bits per heavy atom. The summed E-state index contributed by atoms with van der Waals surface area (Å²) in [6.45, 7) is 0.729. The molecule has 4 nitrogen and oxygen atoms in total. The molecule has 1 aliphatic rings. The molecule has 2 N–H and O–H groups in total. The zero-order valence-electron chi connectivity index (χ0n) is 13.1. The molecule has 0 spiro atoms. The minimum atomic E-state index is -1.52. The fourth-order valence-corrected chi connectivity index (χ4v) is 2.89. The summed E-state index contributed by atoms with van der Waals surface area (Å²) in [6, 6.07) is 7.89. The molecule has 7 heteroatoms. The number of rotatable bonds is 3. The fourth-order valence-electron chi connectivity index (χ4n) is 2.89. The summed E-state index contributed by atoms with van der Waals surface area (Å²) < 4.78 is 39.7. The van der Waals surface area contributed by atoms with Crippen LogP contribution in [0.1, 0.15) is 16.8 Å². The lowest BCUT2D eigenvalue weighted by Crippen LogP contribution is -2.31. The molecule has 0 radical (unpaired) electrons. The zero-order chi connectivity index (χ0) is 18.1. The lowest BCUT2D eigenvalue weighted by molar-refractivity contribution is -0.121. The third kappa shape index (κ3) is 3.35. The molecule has 1 aliphatic heterocycles. The van der Waals surface area contributed by atoms with Gasteiger partial charge in [-0.15, -0.1) is 0 Å². The van der Waals surface area contributed by atoms with Gasteiger partial charge in [-0.25, -0.2) is 13.2 Å². The molecule has 0 aromatic heterocycles. The first-order valence-electron chi connectivity index (χ1n) is 7.70. The molecule has 2 aromatic carbocycles. The summed E-state index contributed by atoms with van der Waals surface area (Å²) in [6.07, 6.45) is 0.535. The number of nitrogens with two attached hydrogens (primary N) is 1. The van der Waals surface area contributed by atoms with E-state index in [2.05, 4.69) is 0 Å². The smallest absolute Gasteiger partial charge is 0.253 e. The Balaban J connectivity index is 1.79. The SMILES string of the molecule is NC(=O)C1CCN(C(=O)c2ccc(-c3cc(F)c(F)c(F)c3)cc2)C1. The van der Waals surface area contributed by atoms with Crippen LogP contribution in [0.15, 0.2) is 36.4 Å². The number of halogens is 3. The fraction of sp³-hybridized carbons (Fsp3) is 0.222. The molecule has 1 heterocycles. The third-order valence-corrected chi connectivity index (χ3v) is 4.33. The number of carbonyl (C=O) groups excluding carboxylic acids is 2. The molecule has 1 atom stereocenters. The normalized spacial score (nSPS) is 16.9. The molecule has 3 rings (SSSR count). The molecule has 25 heavy (non-hydrogen) atoms. The molecule has 0 bridgehead atoms. The van der Waals surface area contributed by atoms with Gasteiger partial charge < -0.3 is 10.6 Å². The second-order valence-electron chi connectivity index (χ2n) is 5.97. The first-order valence-corrected chi connectivity index (χ1v) is 7.70. The van der Waals surface area contributed by atoms with Crippen molar-refractivity contribution in [3.8, 4) is 11.1 Å². The second-order valence-corrected chi connectivity index (χ2v) is 5.97. The number of hydrogen-bond donors (Lipinski definition) is 1. The largest absolute Gasteiger partial charge is 0.369 e. The highest BCUT2D eigenvalue weighted by Gasteiger charge is 2.30. The van der Waals surface area contributed by atoms with E-state index in [-0.39, 0.29) is 23.9 Å². The van der Waals surface area contributed by atoms with E-state index in [1.807, 2.05) is 0 Å². The van der Waals surface area contributed by atoms with Crippen LogP contribution in [0.2, 0.25) is 0 Å². The molecule has 130 valence electrons. The van der Waals surface area contributed by atoms with Gasteiger partial charge in [-0.2, -0.15) is 0 Å². The quantitative estimate of drug-likeness (QED) is 0.867. The van der Waals surface area contributed by atoms with Crippen molar-refractivity contribution in [2.45, 2.75) is 6.42 Å². The Bertz CT molecular complexity index is 814. The summed E-state index contributed by atoms with van der Waals surface area (Å²) in [7, 11) is 0. The van der Waals surface area contributed by atoms with Crippen molar-refractivity contribution in [3.05, 3.63) is 59.4 Å². The minimum Gasteiger partial charge on any atom is -0.369 e. The lowest BCUT2D eigenvalue weighted by atomic mass is 10.0. The highest BCUT2D eigenvalue weighted by Crippen LogP contribution is 2.25. The van der Waals surface area contributed by atoms with Crippen LogP contribution in [0.25, 0.3) is 11.1 Å². The molecule has 0 aliphatic carbocycles. The van der Waals surface area contributed by atoms with E-state index in [0.717, 1.165) is 12.1 Å². The van der Waals surface area contributed by atoms with E-state index in [0.29, 0.717) is 24.1 Å². The Hall–Kier alpha value is -2.83. The van der Waals surface area contributed by atoms with Gasteiger partial charge in [-0.05, 0) is 41.8 Å². The van der Waals surface area contributed by atoms with Crippen LogP contribution in [0.4, 0.5) is 13.2 Å².